The van der Waals surface area contributed by atoms with E-state index in [2.05, 4.69) is 0 Å². The molecular formula is C26H24N2O8. The zero-order chi connectivity index (χ0) is 25.8. The summed E-state index contributed by atoms with van der Waals surface area (Å²) in [7, 11) is 2.94. The van der Waals surface area contributed by atoms with Gasteiger partial charge in [-0.2, -0.15) is 0 Å². The largest absolute Gasteiger partial charge is 0.493 e. The topological polar surface area (TPSA) is 116 Å². The Morgan fingerprint density at radius 3 is 2.36 bits per heavy atom. The van der Waals surface area contributed by atoms with Crippen LogP contribution in [0.25, 0.3) is 0 Å². The first-order valence-corrected chi connectivity index (χ1v) is 11.0. The summed E-state index contributed by atoms with van der Waals surface area (Å²) < 4.78 is 21.0. The monoisotopic (exact) mass is 492 g/mol. The van der Waals surface area contributed by atoms with Crippen molar-refractivity contribution < 1.29 is 37.8 Å². The van der Waals surface area contributed by atoms with Gasteiger partial charge in [0.2, 0.25) is 5.91 Å². The molecule has 0 aliphatic carbocycles. The number of rotatable bonds is 8. The van der Waals surface area contributed by atoms with Crippen molar-refractivity contribution in [1.29, 1.82) is 0 Å². The fraction of sp³-hybridized carbons (Fsp3) is 0.231. The minimum atomic E-state index is -1.06. The van der Waals surface area contributed by atoms with Crippen molar-refractivity contribution in [2.45, 2.75) is 25.9 Å². The molecule has 0 N–H and O–H groups in total. The average Bonchev–Trinajstić information content (AvgIpc) is 3.49. The Morgan fingerprint density at radius 2 is 1.75 bits per heavy atom. The molecule has 2 heterocycles. The van der Waals surface area contributed by atoms with E-state index >= 15 is 0 Å². The molecule has 1 aromatic heterocycles. The average molecular weight is 492 g/mol. The Hall–Kier alpha value is -4.60. The zero-order valence-electron chi connectivity index (χ0n) is 19.9. The van der Waals surface area contributed by atoms with Gasteiger partial charge in [0.05, 0.1) is 39.1 Å². The van der Waals surface area contributed by atoms with Crippen molar-refractivity contribution in [2.75, 3.05) is 19.1 Å². The van der Waals surface area contributed by atoms with Crippen molar-refractivity contribution in [3.05, 3.63) is 72.2 Å². The molecule has 36 heavy (non-hydrogen) atoms. The minimum Gasteiger partial charge on any atom is -0.493 e. The number of benzene rings is 2. The lowest BCUT2D eigenvalue weighted by Crippen LogP contribution is -2.45. The molecule has 0 radical (unpaired) electrons. The lowest BCUT2D eigenvalue weighted by Gasteiger charge is -2.27. The normalized spacial score (nSPS) is 15.1. The number of amides is 3. The number of carbonyl (C=O) groups is 4. The molecule has 1 atom stereocenters. The van der Waals surface area contributed by atoms with Crippen molar-refractivity contribution in [3.63, 3.8) is 0 Å². The van der Waals surface area contributed by atoms with Crippen LogP contribution in [-0.4, -0.2) is 48.9 Å². The van der Waals surface area contributed by atoms with E-state index in [1.54, 1.807) is 24.3 Å². The molecular weight excluding hydrogens is 468 g/mol. The molecule has 0 bridgehead atoms. The summed E-state index contributed by atoms with van der Waals surface area (Å²) in [5.41, 5.74) is 0.559. The predicted molar refractivity (Wildman–Crippen MR) is 127 cm³/mol. The van der Waals surface area contributed by atoms with Gasteiger partial charge in [-0.05, 0) is 54.6 Å². The molecule has 3 amide bonds. The van der Waals surface area contributed by atoms with Gasteiger partial charge in [-0.1, -0.05) is 0 Å². The van der Waals surface area contributed by atoms with Crippen LogP contribution in [0, 0.1) is 0 Å². The van der Waals surface area contributed by atoms with E-state index in [0.717, 1.165) is 4.90 Å². The summed E-state index contributed by atoms with van der Waals surface area (Å²) in [5.74, 6) is -0.454. The highest BCUT2D eigenvalue weighted by Gasteiger charge is 2.45. The third kappa shape index (κ3) is 4.92. The molecule has 4 rings (SSSR count). The number of hydrogen-bond acceptors (Lipinski definition) is 8. The summed E-state index contributed by atoms with van der Waals surface area (Å²) >= 11 is 0. The van der Waals surface area contributed by atoms with Crippen LogP contribution in [0.5, 0.6) is 17.2 Å². The summed E-state index contributed by atoms with van der Waals surface area (Å²) in [4.78, 5) is 53.5. The van der Waals surface area contributed by atoms with Gasteiger partial charge in [0.15, 0.2) is 11.5 Å². The van der Waals surface area contributed by atoms with Gasteiger partial charge in [0.25, 0.3) is 11.8 Å². The van der Waals surface area contributed by atoms with Crippen LogP contribution in [0.1, 0.15) is 29.5 Å². The van der Waals surface area contributed by atoms with Gasteiger partial charge in [-0.25, -0.2) is 4.90 Å². The lowest BCUT2D eigenvalue weighted by atomic mass is 10.1. The van der Waals surface area contributed by atoms with Crippen molar-refractivity contribution in [1.82, 2.24) is 4.90 Å². The number of carbonyl (C=O) groups excluding carboxylic acids is 4. The van der Waals surface area contributed by atoms with E-state index in [-0.39, 0.29) is 24.3 Å². The Bertz CT molecular complexity index is 1280. The second-order valence-corrected chi connectivity index (χ2v) is 7.96. The minimum absolute atomic E-state index is 0.0247. The second kappa shape index (κ2) is 10.3. The van der Waals surface area contributed by atoms with E-state index in [4.69, 9.17) is 18.6 Å². The Morgan fingerprint density at radius 1 is 1.03 bits per heavy atom. The van der Waals surface area contributed by atoms with Crippen molar-refractivity contribution in [2.24, 2.45) is 0 Å². The Kier molecular flexibility index (Phi) is 7.05. The van der Waals surface area contributed by atoms with E-state index < -0.39 is 29.7 Å². The second-order valence-electron chi connectivity index (χ2n) is 7.96. The highest BCUT2D eigenvalue weighted by atomic mass is 16.5. The molecule has 3 aromatic rings. The predicted octanol–water partition coefficient (Wildman–Crippen LogP) is 3.20. The van der Waals surface area contributed by atoms with Gasteiger partial charge >= 0.3 is 5.97 Å². The van der Waals surface area contributed by atoms with E-state index in [9.17, 15) is 19.2 Å². The van der Waals surface area contributed by atoms with Gasteiger partial charge in [-0.3, -0.25) is 19.2 Å². The van der Waals surface area contributed by atoms with Crippen LogP contribution in [-0.2, 0) is 20.9 Å². The first kappa shape index (κ1) is 24.5. The number of ether oxygens (including phenoxy) is 3. The molecule has 0 saturated carbocycles. The van der Waals surface area contributed by atoms with Crippen LogP contribution < -0.4 is 19.1 Å². The number of imide groups is 1. The fourth-order valence-corrected chi connectivity index (χ4v) is 3.99. The molecule has 1 aliphatic heterocycles. The van der Waals surface area contributed by atoms with Crippen LogP contribution in [0.2, 0.25) is 0 Å². The van der Waals surface area contributed by atoms with Gasteiger partial charge in [-0.15, -0.1) is 0 Å². The fourth-order valence-electron chi connectivity index (χ4n) is 3.99. The van der Waals surface area contributed by atoms with Crippen LogP contribution >= 0.6 is 0 Å². The molecule has 1 unspecified atom stereocenters. The van der Waals surface area contributed by atoms with Crippen molar-refractivity contribution >= 4 is 29.4 Å². The Balaban J connectivity index is 1.65. The van der Waals surface area contributed by atoms with E-state index in [1.807, 2.05) is 0 Å². The van der Waals surface area contributed by atoms with Crippen molar-refractivity contribution in [3.8, 4) is 17.2 Å². The third-order valence-corrected chi connectivity index (χ3v) is 5.65. The molecule has 10 nitrogen and oxygen atoms in total. The number of esters is 1. The zero-order valence-corrected chi connectivity index (χ0v) is 19.9. The SMILES string of the molecule is COc1ccc(C(=O)N(Cc2ccco2)C2CC(=O)N(c3ccc(OC(C)=O)cc3)C2=O)cc1OC. The van der Waals surface area contributed by atoms with Crippen LogP contribution in [0.15, 0.2) is 65.3 Å². The van der Waals surface area contributed by atoms with Crippen LogP contribution in [0.3, 0.4) is 0 Å². The standard InChI is InChI=1S/C26H24N2O8/c1-16(29)36-19-9-7-18(8-10-19)28-24(30)14-21(26(28)32)27(15-20-5-4-12-35-20)25(31)17-6-11-22(33-2)23(13-17)34-3/h4-13,21H,14-15H2,1-3H3. The molecule has 1 fully saturated rings. The third-order valence-electron chi connectivity index (χ3n) is 5.65. The van der Waals surface area contributed by atoms with E-state index in [1.165, 1.54) is 62.6 Å². The van der Waals surface area contributed by atoms with E-state index in [0.29, 0.717) is 22.9 Å². The van der Waals surface area contributed by atoms with Gasteiger partial charge in [0.1, 0.15) is 17.6 Å². The quantitative estimate of drug-likeness (QED) is 0.267. The molecule has 1 aliphatic rings. The maximum absolute atomic E-state index is 13.6. The molecule has 0 spiro atoms. The molecule has 1 saturated heterocycles. The summed E-state index contributed by atoms with van der Waals surface area (Å²) in [6, 6.07) is 12.9. The Labute approximate surface area is 206 Å². The lowest BCUT2D eigenvalue weighted by molar-refractivity contribution is -0.132. The van der Waals surface area contributed by atoms with Crippen LogP contribution in [0.4, 0.5) is 5.69 Å². The van der Waals surface area contributed by atoms with Gasteiger partial charge < -0.3 is 23.5 Å². The number of anilines is 1. The first-order valence-electron chi connectivity index (χ1n) is 11.0. The maximum atomic E-state index is 13.6. The summed E-state index contributed by atoms with van der Waals surface area (Å²) in [5, 5.41) is 0. The number of methoxy groups -OCH3 is 2. The molecule has 10 heteroatoms. The van der Waals surface area contributed by atoms with Gasteiger partial charge in [0, 0.05) is 12.5 Å². The summed E-state index contributed by atoms with van der Waals surface area (Å²) in [6.45, 7) is 1.25. The smallest absolute Gasteiger partial charge is 0.308 e. The number of nitrogens with zero attached hydrogens (tertiary/aromatic N) is 2. The molecule has 186 valence electrons. The highest BCUT2D eigenvalue weighted by molar-refractivity contribution is 6.23. The maximum Gasteiger partial charge on any atom is 0.308 e. The number of furan rings is 1. The number of hydrogen-bond donors (Lipinski definition) is 0. The molecule has 2 aromatic carbocycles. The summed E-state index contributed by atoms with van der Waals surface area (Å²) in [6.07, 6.45) is 1.26. The first-order chi connectivity index (χ1) is 17.3. The highest BCUT2D eigenvalue weighted by Crippen LogP contribution is 2.32.